The van der Waals surface area contributed by atoms with Crippen LogP contribution in [-0.4, -0.2) is 36.2 Å². The fourth-order valence-electron chi connectivity index (χ4n) is 3.84. The number of nitrogens with zero attached hydrogens (tertiary/aromatic N) is 3. The van der Waals surface area contributed by atoms with E-state index in [1.807, 2.05) is 6.07 Å². The number of hydrogen-bond acceptors (Lipinski definition) is 6. The minimum Gasteiger partial charge on any atom is -0.449 e. The standard InChI is InChI=1S/C24H18Cl3F3N4O4/c1-2-37-21(36)34(16-3-4-18(27)17(10-16)20(35)32-22(12-31)5-6-22)19-11-23(38-33-19,24(28,29)30)13-7-14(25)9-15(26)8-13/h3-4,7-10H,2,5-6,11H2,1H3,(H,32,35). The second kappa shape index (κ2) is 10.2. The van der Waals surface area contributed by atoms with Gasteiger partial charge in [0, 0.05) is 15.6 Å². The minimum atomic E-state index is -5.01. The first-order valence-corrected chi connectivity index (χ1v) is 12.3. The number of halogens is 6. The maximum Gasteiger partial charge on any atom is 0.435 e. The average molecular weight is 590 g/mol. The molecule has 2 aromatic rings. The molecule has 0 saturated heterocycles. The van der Waals surface area contributed by atoms with Gasteiger partial charge in [-0.3, -0.25) is 4.79 Å². The van der Waals surface area contributed by atoms with Crippen molar-refractivity contribution in [3.63, 3.8) is 0 Å². The number of amidine groups is 1. The minimum absolute atomic E-state index is 0.00776. The van der Waals surface area contributed by atoms with Gasteiger partial charge in [0.15, 0.2) is 5.84 Å². The fourth-order valence-corrected chi connectivity index (χ4v) is 4.57. The van der Waals surface area contributed by atoms with Crippen LogP contribution in [-0.2, 0) is 15.2 Å². The van der Waals surface area contributed by atoms with Gasteiger partial charge < -0.3 is 14.9 Å². The van der Waals surface area contributed by atoms with Gasteiger partial charge in [0.1, 0.15) is 5.54 Å². The molecule has 1 saturated carbocycles. The number of rotatable bonds is 5. The maximum absolute atomic E-state index is 14.5. The van der Waals surface area contributed by atoms with Crippen molar-refractivity contribution in [1.29, 1.82) is 5.26 Å². The monoisotopic (exact) mass is 588 g/mol. The molecule has 1 atom stereocenters. The smallest absolute Gasteiger partial charge is 0.435 e. The summed E-state index contributed by atoms with van der Waals surface area (Å²) in [6.07, 6.45) is -6.10. The first-order chi connectivity index (χ1) is 17.8. The number of alkyl halides is 3. The topological polar surface area (TPSA) is 104 Å². The molecule has 2 aromatic carbocycles. The number of amides is 2. The third kappa shape index (κ3) is 5.21. The van der Waals surface area contributed by atoms with Crippen LogP contribution in [0, 0.1) is 11.3 Å². The Morgan fingerprint density at radius 1 is 1.18 bits per heavy atom. The molecule has 0 spiro atoms. The Balaban J connectivity index is 1.74. The van der Waals surface area contributed by atoms with Gasteiger partial charge in [0.05, 0.1) is 35.4 Å². The van der Waals surface area contributed by atoms with Gasteiger partial charge in [-0.05, 0) is 56.2 Å². The zero-order valence-corrected chi connectivity index (χ0v) is 21.8. The van der Waals surface area contributed by atoms with Crippen molar-refractivity contribution < 1.29 is 32.3 Å². The predicted octanol–water partition coefficient (Wildman–Crippen LogP) is 6.59. The van der Waals surface area contributed by atoms with Gasteiger partial charge in [0.2, 0.25) is 0 Å². The molecule has 200 valence electrons. The molecule has 14 heteroatoms. The van der Waals surface area contributed by atoms with Crippen LogP contribution in [0.25, 0.3) is 0 Å². The Labute approximate surface area is 229 Å². The highest BCUT2D eigenvalue weighted by atomic mass is 35.5. The van der Waals surface area contributed by atoms with E-state index in [1.165, 1.54) is 31.2 Å². The molecule has 0 aromatic heterocycles. The molecule has 8 nitrogen and oxygen atoms in total. The van der Waals surface area contributed by atoms with E-state index in [0.29, 0.717) is 12.8 Å². The zero-order valence-electron chi connectivity index (χ0n) is 19.5. The van der Waals surface area contributed by atoms with Gasteiger partial charge in [-0.2, -0.15) is 18.4 Å². The Bertz CT molecular complexity index is 1350. The maximum atomic E-state index is 14.5. The van der Waals surface area contributed by atoms with Crippen molar-refractivity contribution in [2.75, 3.05) is 11.5 Å². The molecule has 1 fully saturated rings. The van der Waals surface area contributed by atoms with E-state index >= 15 is 0 Å². The first-order valence-electron chi connectivity index (χ1n) is 11.1. The van der Waals surface area contributed by atoms with E-state index in [-0.39, 0.29) is 32.9 Å². The summed E-state index contributed by atoms with van der Waals surface area (Å²) in [7, 11) is 0. The summed E-state index contributed by atoms with van der Waals surface area (Å²) in [5, 5.41) is 15.3. The van der Waals surface area contributed by atoms with Crippen LogP contribution >= 0.6 is 34.8 Å². The Morgan fingerprint density at radius 2 is 1.84 bits per heavy atom. The molecule has 0 bridgehead atoms. The van der Waals surface area contributed by atoms with Gasteiger partial charge >= 0.3 is 12.3 Å². The van der Waals surface area contributed by atoms with Crippen molar-refractivity contribution in [1.82, 2.24) is 5.32 Å². The van der Waals surface area contributed by atoms with Crippen LogP contribution < -0.4 is 10.2 Å². The van der Waals surface area contributed by atoms with Crippen LogP contribution in [0.5, 0.6) is 0 Å². The summed E-state index contributed by atoms with van der Waals surface area (Å²) in [4.78, 5) is 31.5. The molecule has 1 aliphatic heterocycles. The Kier molecular flexibility index (Phi) is 7.45. The van der Waals surface area contributed by atoms with Crippen molar-refractivity contribution in [3.8, 4) is 6.07 Å². The van der Waals surface area contributed by atoms with Crippen molar-refractivity contribution >= 4 is 58.3 Å². The van der Waals surface area contributed by atoms with Gasteiger partial charge in [-0.25, -0.2) is 9.69 Å². The van der Waals surface area contributed by atoms with Crippen molar-refractivity contribution in [2.45, 2.75) is 43.5 Å². The summed E-state index contributed by atoms with van der Waals surface area (Å²) in [6.45, 7) is 1.40. The number of nitriles is 1. The molecular weight excluding hydrogens is 572 g/mol. The molecule has 1 heterocycles. The summed E-state index contributed by atoms with van der Waals surface area (Å²) in [5.74, 6) is -1.15. The lowest BCUT2D eigenvalue weighted by molar-refractivity contribution is -0.275. The SMILES string of the molecule is CCOC(=O)N(C1=NOC(c2cc(Cl)cc(Cl)c2)(C(F)(F)F)C1)c1ccc(Cl)c(C(=O)NC2(C#N)CC2)c1. The lowest BCUT2D eigenvalue weighted by Crippen LogP contribution is -2.45. The molecule has 38 heavy (non-hydrogen) atoms. The highest BCUT2D eigenvalue weighted by Crippen LogP contribution is 2.50. The van der Waals surface area contributed by atoms with Gasteiger partial charge in [0.25, 0.3) is 11.5 Å². The van der Waals surface area contributed by atoms with Gasteiger partial charge in [-0.15, -0.1) is 0 Å². The lowest BCUT2D eigenvalue weighted by atomic mass is 9.89. The van der Waals surface area contributed by atoms with Crippen LogP contribution in [0.2, 0.25) is 15.1 Å². The van der Waals surface area contributed by atoms with E-state index in [0.717, 1.165) is 17.0 Å². The first kappa shape index (κ1) is 27.8. The Morgan fingerprint density at radius 3 is 2.39 bits per heavy atom. The van der Waals surface area contributed by atoms with Crippen molar-refractivity contribution in [3.05, 3.63) is 62.6 Å². The number of ether oxygens (including phenoxy) is 1. The van der Waals surface area contributed by atoms with Crippen LogP contribution in [0.3, 0.4) is 0 Å². The second-order valence-corrected chi connectivity index (χ2v) is 9.89. The number of anilines is 1. The number of hydrogen-bond donors (Lipinski definition) is 1. The number of carbonyl (C=O) groups is 2. The number of nitrogens with one attached hydrogen (secondary N) is 1. The van der Waals surface area contributed by atoms with Crippen molar-refractivity contribution in [2.24, 2.45) is 5.16 Å². The summed E-state index contributed by atoms with van der Waals surface area (Å²) < 4.78 is 48.4. The van der Waals surface area contributed by atoms with Crippen LogP contribution in [0.1, 0.15) is 42.1 Å². The summed E-state index contributed by atoms with van der Waals surface area (Å²) in [6, 6.07) is 9.14. The highest BCUT2D eigenvalue weighted by molar-refractivity contribution is 6.35. The third-order valence-corrected chi connectivity index (χ3v) is 6.74. The molecule has 0 radical (unpaired) electrons. The molecule has 1 aliphatic carbocycles. The van der Waals surface area contributed by atoms with E-state index < -0.39 is 47.1 Å². The number of benzene rings is 2. The van der Waals surface area contributed by atoms with E-state index in [4.69, 9.17) is 44.4 Å². The van der Waals surface area contributed by atoms with E-state index in [2.05, 4.69) is 10.5 Å². The lowest BCUT2D eigenvalue weighted by Gasteiger charge is -2.30. The summed E-state index contributed by atoms with van der Waals surface area (Å²) in [5.41, 5.74) is -4.62. The van der Waals surface area contributed by atoms with Crippen LogP contribution in [0.15, 0.2) is 41.6 Å². The van der Waals surface area contributed by atoms with E-state index in [1.54, 1.807) is 0 Å². The normalized spacial score (nSPS) is 19.6. The van der Waals surface area contributed by atoms with Gasteiger partial charge in [-0.1, -0.05) is 40.0 Å². The molecular formula is C24H18Cl3F3N4O4. The zero-order chi connectivity index (χ0) is 27.9. The molecule has 4 rings (SSSR count). The van der Waals surface area contributed by atoms with E-state index in [9.17, 15) is 28.0 Å². The largest absolute Gasteiger partial charge is 0.449 e. The molecule has 1 N–H and O–H groups in total. The molecule has 2 amide bonds. The summed E-state index contributed by atoms with van der Waals surface area (Å²) >= 11 is 18.1. The molecule has 1 unspecified atom stereocenters. The van der Waals surface area contributed by atoms with Crippen LogP contribution in [0.4, 0.5) is 23.7 Å². The third-order valence-electron chi connectivity index (χ3n) is 5.98. The fraction of sp³-hybridized carbons (Fsp3) is 0.333. The average Bonchev–Trinajstić information content (AvgIpc) is 3.45. The quantitative estimate of drug-likeness (QED) is 0.424. The number of carbonyl (C=O) groups excluding carboxylic acids is 2. The Hall–Kier alpha value is -3.20. The number of oxime groups is 1. The molecule has 2 aliphatic rings. The second-order valence-electron chi connectivity index (χ2n) is 8.60. The predicted molar refractivity (Wildman–Crippen MR) is 133 cm³/mol. The highest BCUT2D eigenvalue weighted by Gasteiger charge is 2.63.